The van der Waals surface area contributed by atoms with E-state index in [2.05, 4.69) is 38.0 Å². The van der Waals surface area contributed by atoms with Crippen LogP contribution in [0.1, 0.15) is 157 Å². The highest BCUT2D eigenvalue weighted by Gasteiger charge is 2.38. The average molecular weight is 1040 g/mol. The molecule has 0 saturated carbocycles. The average Bonchev–Trinajstić information content (AvgIpc) is 3.33. The van der Waals surface area contributed by atoms with Gasteiger partial charge in [-0.1, -0.05) is 89.4 Å². The van der Waals surface area contributed by atoms with Gasteiger partial charge in [0.25, 0.3) is 0 Å². The van der Waals surface area contributed by atoms with E-state index >= 15 is 0 Å². The van der Waals surface area contributed by atoms with E-state index in [0.717, 1.165) is 31.2 Å². The van der Waals surface area contributed by atoms with Gasteiger partial charge in [-0.3, -0.25) is 33.6 Å². The summed E-state index contributed by atoms with van der Waals surface area (Å²) in [7, 11) is 0. The van der Waals surface area contributed by atoms with Crippen molar-refractivity contribution in [2.75, 3.05) is 13.1 Å². The van der Waals surface area contributed by atoms with Crippen LogP contribution in [0.5, 0.6) is 0 Å². The summed E-state index contributed by atoms with van der Waals surface area (Å²) in [6.07, 6.45) is 12.4. The van der Waals surface area contributed by atoms with Gasteiger partial charge in [0.15, 0.2) is 0 Å². The van der Waals surface area contributed by atoms with E-state index in [1.807, 2.05) is 64.1 Å². The van der Waals surface area contributed by atoms with Crippen molar-refractivity contribution < 1.29 is 48.3 Å². The molecule has 0 aliphatic heterocycles. The van der Waals surface area contributed by atoms with Crippen molar-refractivity contribution in [2.45, 2.75) is 206 Å². The molecule has 0 bridgehead atoms. The summed E-state index contributed by atoms with van der Waals surface area (Å²) in [6.45, 7) is 12.9. The highest BCUT2D eigenvalue weighted by Crippen LogP contribution is 2.26. The summed E-state index contributed by atoms with van der Waals surface area (Å²) in [6, 6.07) is 3.10. The first-order valence-corrected chi connectivity index (χ1v) is 26.5. The number of nitrogens with two attached hydrogens (primary N) is 4. The van der Waals surface area contributed by atoms with Gasteiger partial charge in [0.2, 0.25) is 41.4 Å². The SMILES string of the molecule is CC(C)C[C@H](NC(=O)[C@H](Cc1ccccc1)NC(=O)[C@H](CC(C)C)NC(=O)[C@@](C)(CCCCCCC=CCCC[C@](C)(N)C(=O)N[C@@H](CCC(N)=O)C(N)=O)CN[C@H](C=O)[C@@H](C)O)C(=O)N[C@H](C=O)CCCCN. The maximum absolute atomic E-state index is 14.5. The monoisotopic (exact) mass is 1040 g/mol. The minimum absolute atomic E-state index is 0.0120. The van der Waals surface area contributed by atoms with Gasteiger partial charge in [-0.2, -0.15) is 0 Å². The van der Waals surface area contributed by atoms with E-state index in [-0.39, 0.29) is 50.5 Å². The highest BCUT2D eigenvalue weighted by atomic mass is 16.3. The number of primary amides is 2. The van der Waals surface area contributed by atoms with Crippen molar-refractivity contribution in [3.05, 3.63) is 48.0 Å². The molecule has 0 spiro atoms. The maximum Gasteiger partial charge on any atom is 0.243 e. The van der Waals surface area contributed by atoms with Crippen molar-refractivity contribution in [3.8, 4) is 0 Å². The molecule has 20 heteroatoms. The molecule has 1 rings (SSSR count). The van der Waals surface area contributed by atoms with E-state index in [9.17, 15) is 48.3 Å². The zero-order chi connectivity index (χ0) is 55.9. The number of aliphatic hydroxyl groups is 1. The Morgan fingerprint density at radius 1 is 0.635 bits per heavy atom. The fourth-order valence-electron chi connectivity index (χ4n) is 8.23. The summed E-state index contributed by atoms with van der Waals surface area (Å²) >= 11 is 0. The second kappa shape index (κ2) is 35.6. The molecule has 0 aliphatic rings. The number of hydrogen-bond donors (Lipinski definition) is 11. The Morgan fingerprint density at radius 2 is 1.19 bits per heavy atom. The fourth-order valence-corrected chi connectivity index (χ4v) is 8.23. The van der Waals surface area contributed by atoms with Crippen LogP contribution < -0.4 is 54.8 Å². The molecule has 0 radical (unpaired) electrons. The number of unbranched alkanes of at least 4 members (excludes halogenated alkanes) is 6. The number of nitrogens with one attached hydrogen (secondary N) is 6. The molecular formula is C54H92N10O10. The number of carbonyl (C=O) groups excluding carboxylic acids is 9. The lowest BCUT2D eigenvalue weighted by Gasteiger charge is -2.33. The zero-order valence-electron chi connectivity index (χ0n) is 45.3. The van der Waals surface area contributed by atoms with E-state index in [1.54, 1.807) is 13.8 Å². The number of aliphatic hydroxyl groups excluding tert-OH is 1. The summed E-state index contributed by atoms with van der Waals surface area (Å²) in [5.41, 5.74) is 20.8. The van der Waals surface area contributed by atoms with Crippen LogP contribution in [0.25, 0.3) is 0 Å². The number of aldehydes is 2. The first-order valence-electron chi connectivity index (χ1n) is 26.5. The second-order valence-corrected chi connectivity index (χ2v) is 21.1. The van der Waals surface area contributed by atoms with E-state index in [0.29, 0.717) is 70.5 Å². The van der Waals surface area contributed by atoms with E-state index in [1.165, 1.54) is 6.92 Å². The molecule has 0 unspecified atom stereocenters. The molecule has 1 aromatic rings. The van der Waals surface area contributed by atoms with Crippen LogP contribution in [0.4, 0.5) is 0 Å². The van der Waals surface area contributed by atoms with Crippen molar-refractivity contribution in [2.24, 2.45) is 40.2 Å². The molecule has 0 fully saturated rings. The fraction of sp³-hybridized carbons (Fsp3) is 0.685. The van der Waals surface area contributed by atoms with Gasteiger partial charge in [-0.15, -0.1) is 0 Å². The van der Waals surface area contributed by atoms with Crippen LogP contribution >= 0.6 is 0 Å². The Morgan fingerprint density at radius 3 is 1.74 bits per heavy atom. The molecule has 1 aromatic carbocycles. The van der Waals surface area contributed by atoms with E-state index in [4.69, 9.17) is 22.9 Å². The summed E-state index contributed by atoms with van der Waals surface area (Å²) in [4.78, 5) is 116. The predicted octanol–water partition coefficient (Wildman–Crippen LogP) is 2.15. The van der Waals surface area contributed by atoms with Crippen LogP contribution in [-0.2, 0) is 49.6 Å². The molecule has 15 N–H and O–H groups in total. The van der Waals surface area contributed by atoms with Crippen LogP contribution in [0, 0.1) is 17.3 Å². The van der Waals surface area contributed by atoms with Gasteiger partial charge >= 0.3 is 0 Å². The van der Waals surface area contributed by atoms with Crippen LogP contribution in [0.3, 0.4) is 0 Å². The number of hydrogen-bond acceptors (Lipinski definition) is 13. The topological polar surface area (TPSA) is 350 Å². The van der Waals surface area contributed by atoms with Crippen LogP contribution in [0.15, 0.2) is 42.5 Å². The third kappa shape index (κ3) is 27.1. The molecule has 0 aromatic heterocycles. The number of rotatable bonds is 41. The normalized spacial score (nSPS) is 16.1. The standard InChI is InChI=1S/C54H92N10O10/c1-36(2)30-42(48(70)60-40(33-65)24-18-21-29-55)61-50(72)44(32-39-22-16-15-17-23-39)62-49(71)43(31-37(3)4)64-51(73)53(6,35-59-45(34-66)38(5)67)27-19-13-11-9-8-10-12-14-20-28-54(7,58)52(74)63-41(47(57)69)25-26-46(56)68/h10,12,15-17,22-23,33-34,36-38,40-45,59,67H,8-9,11,13-14,18-21,24-32,35,55,58H2,1-7H3,(H2,56,68)(H2,57,69)(H,60,70)(H,61,72)(H,62,71)(H,63,74)(H,64,73)/t38-,40+,41+,42+,43+,44+,45-,53+,54+/m1/s1. The molecule has 0 saturated heterocycles. The highest BCUT2D eigenvalue weighted by molar-refractivity contribution is 5.95. The lowest BCUT2D eigenvalue weighted by Crippen LogP contribution is -2.59. The van der Waals surface area contributed by atoms with Gasteiger partial charge in [-0.25, -0.2) is 0 Å². The summed E-state index contributed by atoms with van der Waals surface area (Å²) in [5.74, 6) is -4.20. The van der Waals surface area contributed by atoms with Crippen molar-refractivity contribution >= 4 is 53.9 Å². The van der Waals surface area contributed by atoms with Crippen LogP contribution in [-0.4, -0.2) is 120 Å². The Hall–Kier alpha value is -5.57. The van der Waals surface area contributed by atoms with Crippen LogP contribution in [0.2, 0.25) is 0 Å². The summed E-state index contributed by atoms with van der Waals surface area (Å²) < 4.78 is 0. The molecule has 20 nitrogen and oxygen atoms in total. The Labute approximate surface area is 439 Å². The maximum atomic E-state index is 14.5. The lowest BCUT2D eigenvalue weighted by atomic mass is 9.82. The molecule has 74 heavy (non-hydrogen) atoms. The number of amides is 7. The minimum Gasteiger partial charge on any atom is -0.391 e. The van der Waals surface area contributed by atoms with Gasteiger partial charge in [0.05, 0.1) is 29.1 Å². The molecule has 0 aliphatic carbocycles. The number of carbonyl (C=O) groups is 9. The van der Waals surface area contributed by atoms with Gasteiger partial charge < -0.3 is 69.5 Å². The van der Waals surface area contributed by atoms with Gasteiger partial charge in [0, 0.05) is 19.4 Å². The second-order valence-electron chi connectivity index (χ2n) is 21.1. The Balaban J connectivity index is 3.13. The number of benzene rings is 1. The lowest BCUT2D eigenvalue weighted by molar-refractivity contribution is -0.137. The predicted molar refractivity (Wildman–Crippen MR) is 286 cm³/mol. The molecule has 0 heterocycles. The zero-order valence-corrected chi connectivity index (χ0v) is 45.3. The molecule has 418 valence electrons. The Kier molecular flexibility index (Phi) is 32.0. The third-order valence-corrected chi connectivity index (χ3v) is 12.9. The molecular weight excluding hydrogens is 949 g/mol. The molecule has 9 atom stereocenters. The van der Waals surface area contributed by atoms with Crippen molar-refractivity contribution in [1.29, 1.82) is 0 Å². The smallest absolute Gasteiger partial charge is 0.243 e. The van der Waals surface area contributed by atoms with Gasteiger partial charge in [0.1, 0.15) is 36.7 Å². The number of allylic oxidation sites excluding steroid dienone is 2. The van der Waals surface area contributed by atoms with E-state index < -0.39 is 94.7 Å². The van der Waals surface area contributed by atoms with Crippen molar-refractivity contribution in [3.63, 3.8) is 0 Å². The largest absolute Gasteiger partial charge is 0.391 e. The third-order valence-electron chi connectivity index (χ3n) is 12.9. The first kappa shape index (κ1) is 66.4. The molecule has 7 amide bonds. The summed E-state index contributed by atoms with van der Waals surface area (Å²) in [5, 5.41) is 27.3. The van der Waals surface area contributed by atoms with Crippen molar-refractivity contribution in [1.82, 2.24) is 31.9 Å². The Bertz CT molecular complexity index is 1930. The minimum atomic E-state index is -1.26. The first-order chi connectivity index (χ1) is 34.9. The quantitative estimate of drug-likeness (QED) is 0.0255. The van der Waals surface area contributed by atoms with Gasteiger partial charge in [-0.05, 0) is 122 Å².